The first-order chi connectivity index (χ1) is 23.1. The number of para-hydroxylation sites is 1. The molecule has 224 valence electrons. The second-order valence-electron chi connectivity index (χ2n) is 13.0. The fourth-order valence-corrected chi connectivity index (χ4v) is 7.63. The Morgan fingerprint density at radius 2 is 1.04 bits per heavy atom. The van der Waals surface area contributed by atoms with Gasteiger partial charge in [-0.3, -0.25) is 0 Å². The van der Waals surface area contributed by atoms with Crippen LogP contribution in [0, 0.1) is 0 Å². The van der Waals surface area contributed by atoms with Gasteiger partial charge in [-0.15, -0.1) is 0 Å². The first-order valence-corrected chi connectivity index (χ1v) is 16.3. The summed E-state index contributed by atoms with van der Waals surface area (Å²) in [7, 11) is 0. The van der Waals surface area contributed by atoms with Crippen molar-refractivity contribution < 1.29 is 4.42 Å². The molecule has 1 aliphatic rings. The van der Waals surface area contributed by atoms with Crippen molar-refractivity contribution in [3.05, 3.63) is 175 Å². The summed E-state index contributed by atoms with van der Waals surface area (Å²) < 4.78 is 6.85. The van der Waals surface area contributed by atoms with Crippen molar-refractivity contribution in [1.29, 1.82) is 0 Å². The Morgan fingerprint density at radius 3 is 1.77 bits per heavy atom. The molecule has 0 atom stereocenters. The predicted octanol–water partition coefficient (Wildman–Crippen LogP) is 12.7. The minimum absolute atomic E-state index is 0.161. The highest BCUT2D eigenvalue weighted by Crippen LogP contribution is 2.55. The zero-order valence-corrected chi connectivity index (χ0v) is 26.4. The third kappa shape index (κ3) is 4.33. The number of fused-ring (bicyclic) bond motifs is 6. The molecule has 1 aromatic heterocycles. The van der Waals surface area contributed by atoms with Gasteiger partial charge in [-0.25, -0.2) is 0 Å². The Hall–Kier alpha value is -5.86. The van der Waals surface area contributed by atoms with Crippen LogP contribution in [0.1, 0.15) is 25.0 Å². The van der Waals surface area contributed by atoms with Gasteiger partial charge in [0.1, 0.15) is 11.2 Å². The zero-order chi connectivity index (χ0) is 31.5. The van der Waals surface area contributed by atoms with E-state index < -0.39 is 0 Å². The molecule has 1 heterocycles. The van der Waals surface area contributed by atoms with Gasteiger partial charge in [0.05, 0.1) is 0 Å². The lowest BCUT2D eigenvalue weighted by atomic mass is 9.78. The average molecular weight is 604 g/mol. The largest absolute Gasteiger partial charge is 0.455 e. The van der Waals surface area contributed by atoms with Crippen LogP contribution in [-0.4, -0.2) is 0 Å². The molecule has 0 radical (unpaired) electrons. The molecule has 2 nitrogen and oxygen atoms in total. The third-order valence-corrected chi connectivity index (χ3v) is 9.83. The van der Waals surface area contributed by atoms with E-state index in [0.29, 0.717) is 0 Å². The van der Waals surface area contributed by atoms with Crippen LogP contribution in [0.3, 0.4) is 0 Å². The molecule has 0 aliphatic heterocycles. The van der Waals surface area contributed by atoms with Crippen molar-refractivity contribution in [1.82, 2.24) is 0 Å². The molecule has 47 heavy (non-hydrogen) atoms. The highest BCUT2D eigenvalue weighted by molar-refractivity contribution is 6.14. The lowest BCUT2D eigenvalue weighted by molar-refractivity contribution is 0.650. The van der Waals surface area contributed by atoms with Crippen LogP contribution >= 0.6 is 0 Å². The monoisotopic (exact) mass is 603 g/mol. The predicted molar refractivity (Wildman–Crippen MR) is 197 cm³/mol. The molecule has 0 N–H and O–H groups in total. The molecule has 0 saturated carbocycles. The molecular formula is C45H33NO. The van der Waals surface area contributed by atoms with Crippen LogP contribution in [-0.2, 0) is 5.41 Å². The Balaban J connectivity index is 1.27. The number of hydrogen-bond donors (Lipinski definition) is 0. The first-order valence-electron chi connectivity index (χ1n) is 16.3. The Labute approximate surface area is 275 Å². The maximum absolute atomic E-state index is 6.85. The first kappa shape index (κ1) is 27.5. The fourth-order valence-electron chi connectivity index (χ4n) is 7.63. The molecule has 0 bridgehead atoms. The number of rotatable bonds is 5. The van der Waals surface area contributed by atoms with Crippen molar-refractivity contribution in [2.75, 3.05) is 4.90 Å². The van der Waals surface area contributed by atoms with Crippen molar-refractivity contribution in [3.8, 4) is 33.4 Å². The standard InChI is InChI=1S/C45H33NO/c1-45(2)40-21-13-12-20-36(40)38-29-39-37-28-35(26-27-41(37)47-44(39)42(43(38)45)32-16-8-4-9-17-32)46(33-18-10-5-11-19-33)34-24-22-31(23-25-34)30-14-6-3-7-15-30/h3-29H,1-2H3. The maximum atomic E-state index is 6.85. The summed E-state index contributed by atoms with van der Waals surface area (Å²) >= 11 is 0. The fraction of sp³-hybridized carbons (Fsp3) is 0.0667. The van der Waals surface area contributed by atoms with Gasteiger partial charge in [0, 0.05) is 38.8 Å². The molecule has 0 amide bonds. The van der Waals surface area contributed by atoms with Crippen molar-refractivity contribution in [2.24, 2.45) is 0 Å². The quantitative estimate of drug-likeness (QED) is 0.195. The molecule has 0 fully saturated rings. The van der Waals surface area contributed by atoms with E-state index in [1.54, 1.807) is 0 Å². The molecule has 7 aromatic carbocycles. The lowest BCUT2D eigenvalue weighted by Gasteiger charge is -2.25. The van der Waals surface area contributed by atoms with Gasteiger partial charge in [-0.1, -0.05) is 129 Å². The number of anilines is 3. The molecule has 9 rings (SSSR count). The van der Waals surface area contributed by atoms with Crippen LogP contribution < -0.4 is 4.90 Å². The van der Waals surface area contributed by atoms with Crippen molar-refractivity contribution >= 4 is 39.0 Å². The Bertz CT molecular complexity index is 2400. The van der Waals surface area contributed by atoms with Gasteiger partial charge < -0.3 is 9.32 Å². The molecule has 0 saturated heterocycles. The van der Waals surface area contributed by atoms with Crippen LogP contribution in [0.5, 0.6) is 0 Å². The van der Waals surface area contributed by atoms with Crippen LogP contribution in [0.25, 0.3) is 55.3 Å². The minimum atomic E-state index is -0.161. The van der Waals surface area contributed by atoms with E-state index in [9.17, 15) is 0 Å². The molecule has 0 unspecified atom stereocenters. The molecule has 8 aromatic rings. The summed E-state index contributed by atoms with van der Waals surface area (Å²) in [5.41, 5.74) is 15.0. The van der Waals surface area contributed by atoms with Gasteiger partial charge in [0.25, 0.3) is 0 Å². The van der Waals surface area contributed by atoms with Gasteiger partial charge in [0.15, 0.2) is 0 Å². The van der Waals surface area contributed by atoms with E-state index in [4.69, 9.17) is 4.42 Å². The summed E-state index contributed by atoms with van der Waals surface area (Å²) in [6, 6.07) is 58.6. The number of furan rings is 1. The maximum Gasteiger partial charge on any atom is 0.143 e. The van der Waals surface area contributed by atoms with Gasteiger partial charge >= 0.3 is 0 Å². The summed E-state index contributed by atoms with van der Waals surface area (Å²) in [5.74, 6) is 0. The average Bonchev–Trinajstić information content (AvgIpc) is 3.60. The van der Waals surface area contributed by atoms with Crippen molar-refractivity contribution in [2.45, 2.75) is 19.3 Å². The highest BCUT2D eigenvalue weighted by atomic mass is 16.3. The van der Waals surface area contributed by atoms with Crippen LogP contribution in [0.2, 0.25) is 0 Å². The van der Waals surface area contributed by atoms with Gasteiger partial charge in [-0.2, -0.15) is 0 Å². The lowest BCUT2D eigenvalue weighted by Crippen LogP contribution is -2.16. The van der Waals surface area contributed by atoms with Crippen molar-refractivity contribution in [3.63, 3.8) is 0 Å². The highest BCUT2D eigenvalue weighted by Gasteiger charge is 2.39. The molecule has 2 heteroatoms. The summed E-state index contributed by atoms with van der Waals surface area (Å²) in [4.78, 5) is 2.33. The van der Waals surface area contributed by atoms with Gasteiger partial charge in [0.2, 0.25) is 0 Å². The summed E-state index contributed by atoms with van der Waals surface area (Å²) in [6.07, 6.45) is 0. The molecular weight excluding hydrogens is 571 g/mol. The SMILES string of the molecule is CC1(C)c2ccccc2-c2cc3c(oc4ccc(N(c5ccccc5)c5ccc(-c6ccccc6)cc5)cc43)c(-c3ccccc3)c21. The normalized spacial score (nSPS) is 13.1. The van der Waals surface area contributed by atoms with E-state index in [-0.39, 0.29) is 5.41 Å². The Kier molecular flexibility index (Phi) is 6.20. The second kappa shape index (κ2) is 10.6. The van der Waals surface area contributed by atoms with E-state index >= 15 is 0 Å². The van der Waals surface area contributed by atoms with E-state index in [2.05, 4.69) is 183 Å². The number of benzene rings is 7. The smallest absolute Gasteiger partial charge is 0.143 e. The topological polar surface area (TPSA) is 16.4 Å². The van der Waals surface area contributed by atoms with E-state index in [1.165, 1.54) is 44.5 Å². The summed E-state index contributed by atoms with van der Waals surface area (Å²) in [6.45, 7) is 4.69. The second-order valence-corrected chi connectivity index (χ2v) is 13.0. The van der Waals surface area contributed by atoms with E-state index in [1.807, 2.05) is 0 Å². The van der Waals surface area contributed by atoms with E-state index in [0.717, 1.165) is 39.0 Å². The molecule has 0 spiro atoms. The van der Waals surface area contributed by atoms with Crippen LogP contribution in [0.4, 0.5) is 17.1 Å². The molecule has 1 aliphatic carbocycles. The minimum Gasteiger partial charge on any atom is -0.455 e. The number of nitrogens with zero attached hydrogens (tertiary/aromatic N) is 1. The summed E-state index contributed by atoms with van der Waals surface area (Å²) in [5, 5.41) is 2.25. The van der Waals surface area contributed by atoms with Gasteiger partial charge in [-0.05, 0) is 87.5 Å². The van der Waals surface area contributed by atoms with Crippen LogP contribution in [0.15, 0.2) is 168 Å². The Morgan fingerprint density at radius 1 is 0.468 bits per heavy atom. The third-order valence-electron chi connectivity index (χ3n) is 9.83. The zero-order valence-electron chi connectivity index (χ0n) is 26.4. The number of hydrogen-bond acceptors (Lipinski definition) is 2.